The van der Waals surface area contributed by atoms with E-state index >= 15 is 0 Å². The third-order valence-electron chi connectivity index (χ3n) is 3.69. The van der Waals surface area contributed by atoms with Crippen molar-refractivity contribution in [2.24, 2.45) is 0 Å². The van der Waals surface area contributed by atoms with Gasteiger partial charge in [-0.2, -0.15) is 0 Å². The first-order valence-corrected chi connectivity index (χ1v) is 7.65. The Kier molecular flexibility index (Phi) is 4.47. The number of benzene rings is 2. The number of aromatic amines is 1. The molecule has 1 heterocycles. The Hall–Kier alpha value is -3.22. The van der Waals surface area contributed by atoms with E-state index in [1.54, 1.807) is 19.1 Å². The summed E-state index contributed by atoms with van der Waals surface area (Å²) in [6.07, 6.45) is 0.352. The third kappa shape index (κ3) is 3.65. The smallest absolute Gasteiger partial charge is 0.265 e. The number of rotatable bonds is 4. The van der Waals surface area contributed by atoms with Crippen LogP contribution in [0.2, 0.25) is 0 Å². The van der Waals surface area contributed by atoms with Gasteiger partial charge in [0.1, 0.15) is 11.6 Å². The normalized spacial score (nSPS) is 12.0. The SMILES string of the molecule is Cc1ccc(OC(C)C(=O)Nc2cc3c(=O)[nH]cnc3cc2F)cc1. The summed E-state index contributed by atoms with van der Waals surface area (Å²) in [5.41, 5.74) is 0.768. The lowest BCUT2D eigenvalue weighted by Crippen LogP contribution is -2.30. The van der Waals surface area contributed by atoms with Gasteiger partial charge in [0.05, 0.1) is 22.9 Å². The van der Waals surface area contributed by atoms with Crippen molar-refractivity contribution < 1.29 is 13.9 Å². The Balaban J connectivity index is 1.79. The van der Waals surface area contributed by atoms with Crippen molar-refractivity contribution in [2.75, 3.05) is 5.32 Å². The van der Waals surface area contributed by atoms with E-state index in [9.17, 15) is 14.0 Å². The minimum absolute atomic E-state index is 0.102. The summed E-state index contributed by atoms with van der Waals surface area (Å²) in [5.74, 6) is -0.673. The monoisotopic (exact) mass is 341 g/mol. The number of nitrogens with zero attached hydrogens (tertiary/aromatic N) is 1. The summed E-state index contributed by atoms with van der Waals surface area (Å²) in [4.78, 5) is 30.3. The molecule has 1 amide bonds. The topological polar surface area (TPSA) is 84.1 Å². The van der Waals surface area contributed by atoms with E-state index in [2.05, 4.69) is 15.3 Å². The van der Waals surface area contributed by atoms with Crippen molar-refractivity contribution >= 4 is 22.5 Å². The molecule has 0 saturated heterocycles. The number of aryl methyl sites for hydroxylation is 1. The zero-order valence-corrected chi connectivity index (χ0v) is 13.7. The van der Waals surface area contributed by atoms with Gasteiger partial charge in [-0.25, -0.2) is 9.37 Å². The fourth-order valence-corrected chi connectivity index (χ4v) is 2.29. The summed E-state index contributed by atoms with van der Waals surface area (Å²) in [7, 11) is 0. The Morgan fingerprint density at radius 1 is 1.28 bits per heavy atom. The molecule has 128 valence electrons. The van der Waals surface area contributed by atoms with Crippen molar-refractivity contribution in [3.05, 3.63) is 64.5 Å². The van der Waals surface area contributed by atoms with Crippen LogP contribution in [0.15, 0.2) is 47.5 Å². The predicted octanol–water partition coefficient (Wildman–Crippen LogP) is 2.78. The molecule has 0 spiro atoms. The van der Waals surface area contributed by atoms with Crippen LogP contribution in [0.5, 0.6) is 5.75 Å². The Bertz CT molecular complexity index is 983. The zero-order chi connectivity index (χ0) is 18.0. The highest BCUT2D eigenvalue weighted by Gasteiger charge is 2.17. The summed E-state index contributed by atoms with van der Waals surface area (Å²) in [6, 6.07) is 9.59. The minimum Gasteiger partial charge on any atom is -0.481 e. The van der Waals surface area contributed by atoms with Crippen molar-refractivity contribution in [3.8, 4) is 5.75 Å². The lowest BCUT2D eigenvalue weighted by molar-refractivity contribution is -0.122. The van der Waals surface area contributed by atoms with Crippen molar-refractivity contribution in [1.82, 2.24) is 9.97 Å². The number of ether oxygens (including phenoxy) is 1. The highest BCUT2D eigenvalue weighted by molar-refractivity contribution is 5.96. The lowest BCUT2D eigenvalue weighted by Gasteiger charge is -2.15. The number of anilines is 1. The van der Waals surface area contributed by atoms with Crippen molar-refractivity contribution in [2.45, 2.75) is 20.0 Å². The van der Waals surface area contributed by atoms with E-state index in [4.69, 9.17) is 4.74 Å². The standard InChI is InChI=1S/C18H16FN3O3/c1-10-3-5-12(6-4-10)25-11(2)17(23)22-16-7-13-15(8-14(16)19)20-9-21-18(13)24/h3-9,11H,1-2H3,(H,22,23)(H,20,21,24). The van der Waals surface area contributed by atoms with Gasteiger partial charge in [-0.05, 0) is 32.0 Å². The molecular formula is C18H16FN3O3. The van der Waals surface area contributed by atoms with E-state index in [-0.39, 0.29) is 16.6 Å². The van der Waals surface area contributed by atoms with E-state index in [0.717, 1.165) is 11.6 Å². The van der Waals surface area contributed by atoms with Crippen LogP contribution in [-0.4, -0.2) is 22.0 Å². The number of H-pyrrole nitrogens is 1. The van der Waals surface area contributed by atoms with Gasteiger partial charge in [-0.3, -0.25) is 9.59 Å². The first-order chi connectivity index (χ1) is 11.9. The van der Waals surface area contributed by atoms with Gasteiger partial charge >= 0.3 is 0 Å². The number of aromatic nitrogens is 2. The van der Waals surface area contributed by atoms with Crippen LogP contribution in [-0.2, 0) is 4.79 Å². The number of hydrogen-bond acceptors (Lipinski definition) is 4. The number of carbonyl (C=O) groups is 1. The molecule has 2 aromatic carbocycles. The van der Waals surface area contributed by atoms with E-state index in [1.807, 2.05) is 19.1 Å². The Morgan fingerprint density at radius 3 is 2.72 bits per heavy atom. The average molecular weight is 341 g/mol. The van der Waals surface area contributed by atoms with Crippen molar-refractivity contribution in [3.63, 3.8) is 0 Å². The van der Waals surface area contributed by atoms with Crippen LogP contribution in [0.3, 0.4) is 0 Å². The molecule has 6 nitrogen and oxygen atoms in total. The fraction of sp³-hybridized carbons (Fsp3) is 0.167. The molecule has 0 radical (unpaired) electrons. The highest BCUT2D eigenvalue weighted by Crippen LogP contribution is 2.20. The molecule has 0 saturated carbocycles. The van der Waals surface area contributed by atoms with Crippen LogP contribution >= 0.6 is 0 Å². The summed E-state index contributed by atoms with van der Waals surface area (Å²) >= 11 is 0. The average Bonchev–Trinajstić information content (AvgIpc) is 2.58. The first-order valence-electron chi connectivity index (χ1n) is 7.65. The summed E-state index contributed by atoms with van der Waals surface area (Å²) in [5, 5.41) is 2.63. The predicted molar refractivity (Wildman–Crippen MR) is 92.2 cm³/mol. The molecule has 0 aliphatic rings. The molecule has 2 N–H and O–H groups in total. The van der Waals surface area contributed by atoms with E-state index in [0.29, 0.717) is 5.75 Å². The largest absolute Gasteiger partial charge is 0.481 e. The van der Waals surface area contributed by atoms with Gasteiger partial charge in [-0.1, -0.05) is 17.7 Å². The van der Waals surface area contributed by atoms with Crippen molar-refractivity contribution in [1.29, 1.82) is 0 Å². The molecule has 7 heteroatoms. The van der Waals surface area contributed by atoms with Crippen LogP contribution in [0.1, 0.15) is 12.5 Å². The molecule has 25 heavy (non-hydrogen) atoms. The maximum absolute atomic E-state index is 14.1. The third-order valence-corrected chi connectivity index (χ3v) is 3.69. The molecule has 0 fully saturated rings. The number of carbonyl (C=O) groups excluding carboxylic acids is 1. The second kappa shape index (κ2) is 6.72. The maximum atomic E-state index is 14.1. The van der Waals surface area contributed by atoms with E-state index in [1.165, 1.54) is 12.4 Å². The number of amides is 1. The van der Waals surface area contributed by atoms with Gasteiger partial charge in [0.25, 0.3) is 11.5 Å². The van der Waals surface area contributed by atoms with Crippen LogP contribution < -0.4 is 15.6 Å². The second-order valence-corrected chi connectivity index (χ2v) is 5.64. The molecule has 1 atom stereocenters. The van der Waals surface area contributed by atoms with Gasteiger partial charge < -0.3 is 15.0 Å². The second-order valence-electron chi connectivity index (χ2n) is 5.64. The molecule has 1 unspecified atom stereocenters. The number of nitrogens with one attached hydrogen (secondary N) is 2. The van der Waals surface area contributed by atoms with E-state index < -0.39 is 23.4 Å². The Labute approximate surface area is 142 Å². The van der Waals surface area contributed by atoms with Crippen LogP contribution in [0, 0.1) is 12.7 Å². The first kappa shape index (κ1) is 16.6. The molecular weight excluding hydrogens is 325 g/mol. The van der Waals surface area contributed by atoms with Gasteiger partial charge in [0.2, 0.25) is 0 Å². The molecule has 0 bridgehead atoms. The number of halogens is 1. The molecule has 0 aliphatic heterocycles. The zero-order valence-electron chi connectivity index (χ0n) is 13.7. The number of hydrogen-bond donors (Lipinski definition) is 2. The molecule has 3 rings (SSSR count). The van der Waals surface area contributed by atoms with Gasteiger partial charge in [0, 0.05) is 6.07 Å². The fourth-order valence-electron chi connectivity index (χ4n) is 2.29. The highest BCUT2D eigenvalue weighted by atomic mass is 19.1. The molecule has 1 aromatic heterocycles. The summed E-state index contributed by atoms with van der Waals surface area (Å²) < 4.78 is 19.7. The van der Waals surface area contributed by atoms with Gasteiger partial charge in [0.15, 0.2) is 6.10 Å². The summed E-state index contributed by atoms with van der Waals surface area (Å²) in [6.45, 7) is 3.50. The van der Waals surface area contributed by atoms with Crippen LogP contribution in [0.4, 0.5) is 10.1 Å². The quantitative estimate of drug-likeness (QED) is 0.764. The molecule has 0 aliphatic carbocycles. The lowest BCUT2D eigenvalue weighted by atomic mass is 10.2. The maximum Gasteiger partial charge on any atom is 0.265 e. The Morgan fingerprint density at radius 2 is 2.00 bits per heavy atom. The van der Waals surface area contributed by atoms with Gasteiger partial charge in [-0.15, -0.1) is 0 Å². The van der Waals surface area contributed by atoms with Crippen LogP contribution in [0.25, 0.3) is 10.9 Å². The minimum atomic E-state index is -0.843. The number of fused-ring (bicyclic) bond motifs is 1. The molecule has 3 aromatic rings.